The number of alkyl halides is 6. The summed E-state index contributed by atoms with van der Waals surface area (Å²) in [5, 5.41) is 0. The fourth-order valence-electron chi connectivity index (χ4n) is 1.62. The van der Waals surface area contributed by atoms with E-state index >= 15 is 0 Å². The minimum absolute atomic E-state index is 0.245. The summed E-state index contributed by atoms with van der Waals surface area (Å²) in [5.74, 6) is -0.319. The summed E-state index contributed by atoms with van der Waals surface area (Å²) >= 11 is 5.33. The van der Waals surface area contributed by atoms with Crippen molar-refractivity contribution in [3.63, 3.8) is 0 Å². The van der Waals surface area contributed by atoms with Crippen LogP contribution in [0.5, 0.6) is 0 Å². The van der Waals surface area contributed by atoms with E-state index in [-0.39, 0.29) is 10.2 Å². The summed E-state index contributed by atoms with van der Waals surface area (Å²) in [6.45, 7) is -1.73. The Balaban J connectivity index is 3.35. The van der Waals surface area contributed by atoms with E-state index in [0.29, 0.717) is 6.07 Å². The van der Waals surface area contributed by atoms with Crippen molar-refractivity contribution >= 4 is 21.6 Å². The Morgan fingerprint density at radius 2 is 1.76 bits per heavy atom. The minimum atomic E-state index is -4.92. The van der Waals surface area contributed by atoms with Crippen LogP contribution in [0.3, 0.4) is 0 Å². The highest BCUT2D eigenvalue weighted by atomic mass is 35.5. The molecule has 0 aliphatic heterocycles. The van der Waals surface area contributed by atoms with Crippen molar-refractivity contribution in [3.05, 3.63) is 29.8 Å². The highest BCUT2D eigenvalue weighted by Crippen LogP contribution is 2.35. The average Bonchev–Trinajstić information content (AvgIpc) is 2.36. The first-order chi connectivity index (χ1) is 9.60. The number of halogens is 6. The smallest absolute Gasteiger partial charge is 0.209 e. The lowest BCUT2D eigenvalue weighted by atomic mass is 10.2. The molecule has 0 aromatic heterocycles. The number of rotatable bonds is 6. The van der Waals surface area contributed by atoms with Crippen molar-refractivity contribution in [2.75, 3.05) is 19.0 Å². The maximum atomic E-state index is 12.8. The fourth-order valence-corrected chi connectivity index (χ4v) is 3.56. The van der Waals surface area contributed by atoms with Crippen molar-refractivity contribution in [2.24, 2.45) is 0 Å². The van der Waals surface area contributed by atoms with E-state index in [1.807, 2.05) is 0 Å². The van der Waals surface area contributed by atoms with Crippen LogP contribution in [-0.4, -0.2) is 38.1 Å². The van der Waals surface area contributed by atoms with Crippen molar-refractivity contribution in [2.45, 2.75) is 17.5 Å². The van der Waals surface area contributed by atoms with Gasteiger partial charge in [-0.05, 0) is 12.1 Å². The van der Waals surface area contributed by atoms with Crippen LogP contribution in [0, 0.1) is 0 Å². The van der Waals surface area contributed by atoms with Crippen LogP contribution in [0.2, 0.25) is 0 Å². The zero-order valence-electron chi connectivity index (χ0n) is 10.4. The molecular formula is C11H11ClF5NO2S. The van der Waals surface area contributed by atoms with E-state index in [4.69, 9.17) is 11.6 Å². The van der Waals surface area contributed by atoms with E-state index in [0.717, 1.165) is 18.2 Å². The van der Waals surface area contributed by atoms with Crippen LogP contribution < -0.4 is 0 Å². The Morgan fingerprint density at radius 3 is 2.24 bits per heavy atom. The van der Waals surface area contributed by atoms with Gasteiger partial charge in [0.1, 0.15) is 0 Å². The summed E-state index contributed by atoms with van der Waals surface area (Å²) < 4.78 is 87.9. The molecule has 3 nitrogen and oxygen atoms in total. The quantitative estimate of drug-likeness (QED) is 0.583. The first-order valence-corrected chi connectivity index (χ1v) is 7.58. The fraction of sp³-hybridized carbons (Fsp3) is 0.455. The summed E-state index contributed by atoms with van der Waals surface area (Å²) in [6, 6.07) is 3.41. The average molecular weight is 352 g/mol. The van der Waals surface area contributed by atoms with Gasteiger partial charge in [0.25, 0.3) is 6.43 Å². The number of nitrogens with zero attached hydrogens (tertiary/aromatic N) is 1. The molecule has 0 saturated heterocycles. The number of hydrogen-bond acceptors (Lipinski definition) is 2. The summed E-state index contributed by atoms with van der Waals surface area (Å²) in [5.41, 5.74) is -1.40. The SMILES string of the molecule is O=S(=O)(c1ccccc1C(F)(F)F)N(CCCl)CC(F)F. The zero-order chi connectivity index (χ0) is 16.3. The molecule has 0 spiro atoms. The second kappa shape index (κ2) is 6.89. The van der Waals surface area contributed by atoms with Gasteiger partial charge in [0.2, 0.25) is 10.0 Å². The van der Waals surface area contributed by atoms with Crippen molar-refractivity contribution < 1.29 is 30.4 Å². The van der Waals surface area contributed by atoms with Crippen LogP contribution in [0.1, 0.15) is 5.56 Å². The van der Waals surface area contributed by atoms with Gasteiger partial charge in [-0.2, -0.15) is 17.5 Å². The maximum Gasteiger partial charge on any atom is 0.417 e. The first-order valence-electron chi connectivity index (χ1n) is 5.61. The van der Waals surface area contributed by atoms with Gasteiger partial charge in [0.15, 0.2) is 0 Å². The minimum Gasteiger partial charge on any atom is -0.209 e. The molecule has 120 valence electrons. The standard InChI is InChI=1S/C11H11ClF5NO2S/c12-5-6-18(7-10(13)14)21(19,20)9-4-2-1-3-8(9)11(15,16)17/h1-4,10H,5-7H2. The second-order valence-electron chi connectivity index (χ2n) is 3.94. The third-order valence-corrected chi connectivity index (χ3v) is 4.58. The predicted molar refractivity (Wildman–Crippen MR) is 66.9 cm³/mol. The highest BCUT2D eigenvalue weighted by molar-refractivity contribution is 7.89. The molecule has 10 heteroatoms. The van der Waals surface area contributed by atoms with Crippen molar-refractivity contribution in [1.82, 2.24) is 4.31 Å². The van der Waals surface area contributed by atoms with E-state index in [2.05, 4.69) is 0 Å². The van der Waals surface area contributed by atoms with Gasteiger partial charge in [-0.3, -0.25) is 0 Å². The molecular weight excluding hydrogens is 341 g/mol. The second-order valence-corrected chi connectivity index (χ2v) is 6.22. The summed E-state index contributed by atoms with van der Waals surface area (Å²) in [6.07, 6.45) is -7.94. The molecule has 0 amide bonds. The maximum absolute atomic E-state index is 12.8. The summed E-state index contributed by atoms with van der Waals surface area (Å²) in [7, 11) is -4.72. The van der Waals surface area contributed by atoms with Crippen LogP contribution in [-0.2, 0) is 16.2 Å². The van der Waals surface area contributed by atoms with E-state index in [1.54, 1.807) is 0 Å². The molecule has 0 heterocycles. The van der Waals surface area contributed by atoms with E-state index in [1.165, 1.54) is 0 Å². The van der Waals surface area contributed by atoms with Gasteiger partial charge in [-0.15, -0.1) is 11.6 Å². The molecule has 0 N–H and O–H groups in total. The van der Waals surface area contributed by atoms with Gasteiger partial charge in [0, 0.05) is 12.4 Å². The van der Waals surface area contributed by atoms with Crippen molar-refractivity contribution in [3.8, 4) is 0 Å². The molecule has 1 rings (SSSR count). The Hall–Kier alpha value is -0.930. The van der Waals surface area contributed by atoms with Crippen molar-refractivity contribution in [1.29, 1.82) is 0 Å². The Bertz CT molecular complexity index is 576. The molecule has 21 heavy (non-hydrogen) atoms. The molecule has 1 aromatic carbocycles. The Morgan fingerprint density at radius 1 is 1.19 bits per heavy atom. The number of hydrogen-bond donors (Lipinski definition) is 0. The molecule has 0 fully saturated rings. The van der Waals surface area contributed by atoms with Gasteiger partial charge < -0.3 is 0 Å². The largest absolute Gasteiger partial charge is 0.417 e. The zero-order valence-corrected chi connectivity index (χ0v) is 12.0. The van der Waals surface area contributed by atoms with E-state index < -0.39 is 46.2 Å². The third-order valence-electron chi connectivity index (χ3n) is 2.49. The molecule has 0 saturated carbocycles. The van der Waals surface area contributed by atoms with E-state index in [9.17, 15) is 30.4 Å². The Kier molecular flexibility index (Phi) is 5.94. The molecule has 0 radical (unpaired) electrons. The van der Waals surface area contributed by atoms with Gasteiger partial charge in [-0.1, -0.05) is 12.1 Å². The monoisotopic (exact) mass is 351 g/mol. The molecule has 1 aromatic rings. The lowest BCUT2D eigenvalue weighted by Crippen LogP contribution is -2.37. The third kappa shape index (κ3) is 4.52. The lowest BCUT2D eigenvalue weighted by Gasteiger charge is -2.22. The van der Waals surface area contributed by atoms with Gasteiger partial charge in [0.05, 0.1) is 17.0 Å². The molecule has 0 unspecified atom stereocenters. The van der Waals surface area contributed by atoms with Gasteiger partial charge in [-0.25, -0.2) is 17.2 Å². The van der Waals surface area contributed by atoms with Gasteiger partial charge >= 0.3 is 6.18 Å². The lowest BCUT2D eigenvalue weighted by molar-refractivity contribution is -0.139. The van der Waals surface area contributed by atoms with Crippen LogP contribution >= 0.6 is 11.6 Å². The Labute approximate surface area is 123 Å². The molecule has 0 aliphatic carbocycles. The van der Waals surface area contributed by atoms with Crippen LogP contribution in [0.25, 0.3) is 0 Å². The normalized spacial score (nSPS) is 13.1. The predicted octanol–water partition coefficient (Wildman–Crippen LogP) is 3.20. The highest BCUT2D eigenvalue weighted by Gasteiger charge is 2.39. The number of benzene rings is 1. The number of sulfonamides is 1. The molecule has 0 aliphatic rings. The summed E-state index contributed by atoms with van der Waals surface area (Å²) in [4.78, 5) is -1.07. The van der Waals surface area contributed by atoms with Crippen LogP contribution in [0.4, 0.5) is 22.0 Å². The molecule has 0 atom stereocenters. The van der Waals surface area contributed by atoms with Crippen LogP contribution in [0.15, 0.2) is 29.2 Å². The topological polar surface area (TPSA) is 37.4 Å². The molecule has 0 bridgehead atoms. The first kappa shape index (κ1) is 18.1.